The van der Waals surface area contributed by atoms with Crippen LogP contribution in [0.3, 0.4) is 0 Å². The second-order valence-electron chi connectivity index (χ2n) is 7.14. The highest BCUT2D eigenvalue weighted by Crippen LogP contribution is 2.35. The van der Waals surface area contributed by atoms with Crippen molar-refractivity contribution in [2.24, 2.45) is 0 Å². The van der Waals surface area contributed by atoms with Crippen LogP contribution in [0.4, 0.5) is 4.79 Å². The smallest absolute Gasteiger partial charge is 0.331 e. The lowest BCUT2D eigenvalue weighted by molar-refractivity contribution is -0.132. The molecular weight excluding hydrogens is 452 g/mol. The largest absolute Gasteiger partial charge is 0.490 e. The van der Waals surface area contributed by atoms with Crippen LogP contribution in [0, 0.1) is 0 Å². The van der Waals surface area contributed by atoms with Crippen molar-refractivity contribution in [2.75, 3.05) is 13.2 Å². The van der Waals surface area contributed by atoms with Crippen molar-refractivity contribution in [3.8, 4) is 11.5 Å². The van der Waals surface area contributed by atoms with Gasteiger partial charge in [-0.1, -0.05) is 47.8 Å². The Bertz CT molecular complexity index is 890. The first-order chi connectivity index (χ1) is 14.5. The monoisotopic (exact) mass is 476 g/mol. The van der Waals surface area contributed by atoms with E-state index in [1.165, 1.54) is 11.0 Å². The van der Waals surface area contributed by atoms with E-state index in [9.17, 15) is 14.4 Å². The summed E-state index contributed by atoms with van der Waals surface area (Å²) in [7, 11) is 0. The lowest BCUT2D eigenvalue weighted by Gasteiger charge is -2.35. The van der Waals surface area contributed by atoms with Crippen molar-refractivity contribution in [3.05, 3.63) is 40.4 Å². The summed E-state index contributed by atoms with van der Waals surface area (Å²) in [4.78, 5) is 39.1. The van der Waals surface area contributed by atoms with Gasteiger partial charge in [0.25, 0.3) is 11.8 Å². The molecule has 1 saturated heterocycles. The zero-order chi connectivity index (χ0) is 21.7. The van der Waals surface area contributed by atoms with Gasteiger partial charge in [0.15, 0.2) is 11.5 Å². The molecule has 160 valence electrons. The summed E-state index contributed by atoms with van der Waals surface area (Å²) in [6, 6.07) is 2.59. The summed E-state index contributed by atoms with van der Waals surface area (Å²) in [5.41, 5.74) is 0.490. The standard InChI is InChI=1S/C22H25BrN2O5/c1-3-10-30-19-13-17(23)14(12-18(19)29-4-2)11-16-20(26)24-22(28)25(21(16)27)15-8-6-5-7-9-15/h3,11-13,15H,1,4-10H2,2H3,(H,24,26,28)/b16-11-. The van der Waals surface area contributed by atoms with Crippen LogP contribution < -0.4 is 14.8 Å². The van der Waals surface area contributed by atoms with Crippen molar-refractivity contribution in [3.63, 3.8) is 0 Å². The number of ether oxygens (including phenoxy) is 2. The van der Waals surface area contributed by atoms with Crippen molar-refractivity contribution in [1.82, 2.24) is 10.2 Å². The average Bonchev–Trinajstić information content (AvgIpc) is 2.72. The Balaban J connectivity index is 1.96. The van der Waals surface area contributed by atoms with E-state index in [2.05, 4.69) is 27.8 Å². The summed E-state index contributed by atoms with van der Waals surface area (Å²) in [6.45, 7) is 6.22. The van der Waals surface area contributed by atoms with Crippen LogP contribution in [0.2, 0.25) is 0 Å². The number of benzene rings is 1. The Hall–Kier alpha value is -2.61. The van der Waals surface area contributed by atoms with E-state index in [1.54, 1.807) is 18.2 Å². The molecule has 1 aliphatic carbocycles. The van der Waals surface area contributed by atoms with Gasteiger partial charge in [0.2, 0.25) is 0 Å². The number of nitrogens with one attached hydrogen (secondary N) is 1. The molecule has 0 unspecified atom stereocenters. The molecule has 1 heterocycles. The fraction of sp³-hybridized carbons (Fsp3) is 0.409. The molecule has 0 atom stereocenters. The molecular formula is C22H25BrN2O5. The second-order valence-corrected chi connectivity index (χ2v) is 7.99. The predicted octanol–water partition coefficient (Wildman–Crippen LogP) is 4.21. The summed E-state index contributed by atoms with van der Waals surface area (Å²) >= 11 is 3.47. The number of amides is 4. The third-order valence-corrected chi connectivity index (χ3v) is 5.78. The SMILES string of the molecule is C=CCOc1cc(Br)c(/C=C2/C(=O)NC(=O)N(C3CCCCC3)C2=O)cc1OCC. The Morgan fingerprint density at radius 2 is 1.87 bits per heavy atom. The maximum absolute atomic E-state index is 13.1. The molecule has 0 radical (unpaired) electrons. The number of hydrogen-bond donors (Lipinski definition) is 1. The molecule has 8 heteroatoms. The molecule has 4 amide bonds. The van der Waals surface area contributed by atoms with Crippen LogP contribution in [0.25, 0.3) is 6.08 Å². The van der Waals surface area contributed by atoms with Crippen molar-refractivity contribution in [1.29, 1.82) is 0 Å². The van der Waals surface area contributed by atoms with Gasteiger partial charge in [0.1, 0.15) is 12.2 Å². The van der Waals surface area contributed by atoms with Gasteiger partial charge >= 0.3 is 6.03 Å². The third kappa shape index (κ3) is 4.75. The highest BCUT2D eigenvalue weighted by atomic mass is 79.9. The number of nitrogens with zero attached hydrogens (tertiary/aromatic N) is 1. The summed E-state index contributed by atoms with van der Waals surface area (Å²) < 4.78 is 11.9. The maximum Gasteiger partial charge on any atom is 0.331 e. The average molecular weight is 477 g/mol. The fourth-order valence-electron chi connectivity index (χ4n) is 3.69. The molecule has 0 aromatic heterocycles. The molecule has 0 spiro atoms. The minimum absolute atomic E-state index is 0.0805. The van der Waals surface area contributed by atoms with Crippen molar-refractivity contribution < 1.29 is 23.9 Å². The highest BCUT2D eigenvalue weighted by Gasteiger charge is 2.40. The van der Waals surface area contributed by atoms with Crippen LogP contribution in [0.15, 0.2) is 34.8 Å². The van der Waals surface area contributed by atoms with Crippen molar-refractivity contribution in [2.45, 2.75) is 45.1 Å². The van der Waals surface area contributed by atoms with E-state index in [-0.39, 0.29) is 11.6 Å². The van der Waals surface area contributed by atoms with Gasteiger partial charge in [0.05, 0.1) is 6.61 Å². The number of urea groups is 1. The van der Waals surface area contributed by atoms with Gasteiger partial charge in [-0.15, -0.1) is 0 Å². The van der Waals surface area contributed by atoms with E-state index >= 15 is 0 Å². The molecule has 1 aliphatic heterocycles. The Labute approximate surface area is 184 Å². The van der Waals surface area contributed by atoms with E-state index in [0.29, 0.717) is 34.7 Å². The second kappa shape index (κ2) is 9.93. The van der Waals surface area contributed by atoms with Gasteiger partial charge < -0.3 is 9.47 Å². The fourth-order valence-corrected chi connectivity index (χ4v) is 4.13. The van der Waals surface area contributed by atoms with Crippen molar-refractivity contribution >= 4 is 39.9 Å². The first-order valence-electron chi connectivity index (χ1n) is 10.1. The Kier molecular flexibility index (Phi) is 7.31. The number of rotatable bonds is 7. The van der Waals surface area contributed by atoms with Crippen LogP contribution >= 0.6 is 15.9 Å². The van der Waals surface area contributed by atoms with Crippen LogP contribution in [0.1, 0.15) is 44.6 Å². The molecule has 3 rings (SSSR count). The minimum atomic E-state index is -0.700. The van der Waals surface area contributed by atoms with Crippen LogP contribution in [0.5, 0.6) is 11.5 Å². The summed E-state index contributed by atoms with van der Waals surface area (Å²) in [5, 5.41) is 2.30. The lowest BCUT2D eigenvalue weighted by Crippen LogP contribution is -2.58. The lowest BCUT2D eigenvalue weighted by atomic mass is 9.93. The number of hydrogen-bond acceptors (Lipinski definition) is 5. The van der Waals surface area contributed by atoms with Gasteiger partial charge in [-0.2, -0.15) is 0 Å². The number of carbonyl (C=O) groups excluding carboxylic acids is 3. The maximum atomic E-state index is 13.1. The van der Waals surface area contributed by atoms with Gasteiger partial charge in [-0.25, -0.2) is 4.79 Å². The van der Waals surface area contributed by atoms with Crippen LogP contribution in [-0.2, 0) is 9.59 Å². The zero-order valence-electron chi connectivity index (χ0n) is 16.9. The third-order valence-electron chi connectivity index (χ3n) is 5.09. The minimum Gasteiger partial charge on any atom is -0.490 e. The summed E-state index contributed by atoms with van der Waals surface area (Å²) in [6.07, 6.45) is 7.64. The first-order valence-corrected chi connectivity index (χ1v) is 10.9. The molecule has 7 nitrogen and oxygen atoms in total. The van der Waals surface area contributed by atoms with E-state index in [0.717, 1.165) is 32.1 Å². The molecule has 1 aromatic rings. The topological polar surface area (TPSA) is 84.9 Å². The van der Waals surface area contributed by atoms with Gasteiger partial charge in [0, 0.05) is 10.5 Å². The van der Waals surface area contributed by atoms with E-state index in [1.807, 2.05) is 6.92 Å². The first kappa shape index (κ1) is 22.1. The molecule has 1 aromatic carbocycles. The molecule has 2 aliphatic rings. The zero-order valence-corrected chi connectivity index (χ0v) is 18.5. The van der Waals surface area contributed by atoms with Gasteiger partial charge in [-0.05, 0) is 43.5 Å². The number of barbiturate groups is 1. The molecule has 0 bridgehead atoms. The van der Waals surface area contributed by atoms with E-state index in [4.69, 9.17) is 9.47 Å². The predicted molar refractivity (Wildman–Crippen MR) is 116 cm³/mol. The molecule has 1 saturated carbocycles. The molecule has 1 N–H and O–H groups in total. The molecule has 2 fully saturated rings. The number of carbonyl (C=O) groups is 3. The number of halogens is 1. The highest BCUT2D eigenvalue weighted by molar-refractivity contribution is 9.10. The Morgan fingerprint density at radius 3 is 2.53 bits per heavy atom. The molecule has 30 heavy (non-hydrogen) atoms. The van der Waals surface area contributed by atoms with Gasteiger partial charge in [-0.3, -0.25) is 19.8 Å². The van der Waals surface area contributed by atoms with Crippen LogP contribution in [-0.4, -0.2) is 42.0 Å². The van der Waals surface area contributed by atoms with E-state index < -0.39 is 17.8 Å². The summed E-state index contributed by atoms with van der Waals surface area (Å²) in [5.74, 6) is -0.260. The quantitative estimate of drug-likeness (QED) is 0.362. The number of imide groups is 2. The normalized spacial score (nSPS) is 19.1. The Morgan fingerprint density at radius 1 is 1.17 bits per heavy atom.